The molecule has 16 heavy (non-hydrogen) atoms. The van der Waals surface area contributed by atoms with E-state index in [1.54, 1.807) is 7.11 Å². The van der Waals surface area contributed by atoms with E-state index in [1.165, 1.54) is 0 Å². The van der Waals surface area contributed by atoms with E-state index in [1.807, 2.05) is 18.2 Å². The molecule has 0 aliphatic rings. The van der Waals surface area contributed by atoms with Crippen LogP contribution in [0, 0.1) is 0 Å². The first-order chi connectivity index (χ1) is 7.19. The first-order valence-electron chi connectivity index (χ1n) is 4.98. The molecule has 4 N–H and O–H groups in total. The predicted octanol–water partition coefficient (Wildman–Crippen LogP) is 2.62. The summed E-state index contributed by atoms with van der Waals surface area (Å²) in [5, 5.41) is 0. The van der Waals surface area contributed by atoms with Crippen molar-refractivity contribution in [2.24, 2.45) is 11.5 Å². The van der Waals surface area contributed by atoms with Crippen LogP contribution < -0.4 is 16.2 Å². The van der Waals surface area contributed by atoms with Gasteiger partial charge in [-0.3, -0.25) is 0 Å². The van der Waals surface area contributed by atoms with Gasteiger partial charge < -0.3 is 16.2 Å². The van der Waals surface area contributed by atoms with Crippen molar-refractivity contribution < 1.29 is 4.74 Å². The van der Waals surface area contributed by atoms with Gasteiger partial charge in [-0.2, -0.15) is 0 Å². The molecule has 0 spiro atoms. The van der Waals surface area contributed by atoms with Gasteiger partial charge in [0, 0.05) is 16.1 Å². The normalized spacial score (nSPS) is 11.8. The second-order valence-electron chi connectivity index (χ2n) is 3.42. The van der Waals surface area contributed by atoms with E-state index in [0.717, 1.165) is 28.6 Å². The number of hydrogen-bond acceptors (Lipinski definition) is 3. The van der Waals surface area contributed by atoms with Crippen LogP contribution in [0.3, 0.4) is 0 Å². The summed E-state index contributed by atoms with van der Waals surface area (Å²) in [4.78, 5) is 0. The fourth-order valence-corrected chi connectivity index (χ4v) is 1.82. The maximum atomic E-state index is 6.06. The summed E-state index contributed by atoms with van der Waals surface area (Å²) in [5.41, 5.74) is 12.5. The molecule has 0 aliphatic heterocycles. The van der Waals surface area contributed by atoms with Crippen LogP contribution in [0.25, 0.3) is 0 Å². The monoisotopic (exact) mass is 308 g/mol. The summed E-state index contributed by atoms with van der Waals surface area (Å²) in [6, 6.07) is 5.89. The van der Waals surface area contributed by atoms with Gasteiger partial charge in [-0.25, -0.2) is 0 Å². The van der Waals surface area contributed by atoms with Crippen molar-refractivity contribution in [2.75, 3.05) is 13.7 Å². The highest BCUT2D eigenvalue weighted by Gasteiger charge is 2.11. The Labute approximate surface area is 111 Å². The van der Waals surface area contributed by atoms with Crippen LogP contribution in [0.5, 0.6) is 5.75 Å². The fourth-order valence-electron chi connectivity index (χ4n) is 1.48. The van der Waals surface area contributed by atoms with Crippen molar-refractivity contribution in [3.8, 4) is 5.75 Å². The summed E-state index contributed by atoms with van der Waals surface area (Å²) in [5.74, 6) is 0.828. The summed E-state index contributed by atoms with van der Waals surface area (Å²) >= 11 is 3.40. The van der Waals surface area contributed by atoms with Crippen molar-refractivity contribution in [1.29, 1.82) is 0 Å². The lowest BCUT2D eigenvalue weighted by Gasteiger charge is -2.15. The maximum Gasteiger partial charge on any atom is 0.124 e. The van der Waals surface area contributed by atoms with Crippen LogP contribution in [0.15, 0.2) is 22.7 Å². The highest BCUT2D eigenvalue weighted by Crippen LogP contribution is 2.29. The highest BCUT2D eigenvalue weighted by atomic mass is 79.9. The summed E-state index contributed by atoms with van der Waals surface area (Å²) in [7, 11) is 1.65. The van der Waals surface area contributed by atoms with Crippen molar-refractivity contribution in [2.45, 2.75) is 18.9 Å². The molecule has 1 aromatic carbocycles. The van der Waals surface area contributed by atoms with E-state index in [-0.39, 0.29) is 18.4 Å². The quantitative estimate of drug-likeness (QED) is 0.879. The van der Waals surface area contributed by atoms with Gasteiger partial charge in [-0.1, -0.05) is 22.0 Å². The molecule has 0 aromatic heterocycles. The van der Waals surface area contributed by atoms with Gasteiger partial charge in [0.25, 0.3) is 0 Å². The summed E-state index contributed by atoms with van der Waals surface area (Å²) in [6.07, 6.45) is 1.81. The molecule has 0 fully saturated rings. The zero-order valence-corrected chi connectivity index (χ0v) is 11.7. The van der Waals surface area contributed by atoms with Gasteiger partial charge in [-0.15, -0.1) is 12.4 Å². The summed E-state index contributed by atoms with van der Waals surface area (Å²) < 4.78 is 6.28. The summed E-state index contributed by atoms with van der Waals surface area (Å²) in [6.45, 7) is 0.673. The Bertz CT molecular complexity index is 323. The minimum Gasteiger partial charge on any atom is -0.496 e. The lowest BCUT2D eigenvalue weighted by molar-refractivity contribution is 0.403. The Morgan fingerprint density at radius 3 is 2.69 bits per heavy atom. The third kappa shape index (κ3) is 4.29. The van der Waals surface area contributed by atoms with Gasteiger partial charge in [0.1, 0.15) is 5.75 Å². The molecule has 1 rings (SSSR count). The number of ether oxygens (including phenoxy) is 1. The highest BCUT2D eigenvalue weighted by molar-refractivity contribution is 9.10. The first-order valence-corrected chi connectivity index (χ1v) is 5.77. The number of methoxy groups -OCH3 is 1. The molecule has 0 heterocycles. The van der Waals surface area contributed by atoms with Crippen LogP contribution in [0.2, 0.25) is 0 Å². The average molecular weight is 310 g/mol. The Hall–Kier alpha value is -0.290. The molecule has 3 nitrogen and oxygen atoms in total. The molecular weight excluding hydrogens is 291 g/mol. The van der Waals surface area contributed by atoms with Crippen LogP contribution in [0.1, 0.15) is 24.4 Å². The molecule has 0 saturated heterocycles. The van der Waals surface area contributed by atoms with Gasteiger partial charge >= 0.3 is 0 Å². The molecule has 0 unspecified atom stereocenters. The molecule has 1 atom stereocenters. The minimum absolute atomic E-state index is 0. The number of nitrogens with two attached hydrogens (primary N) is 2. The second-order valence-corrected chi connectivity index (χ2v) is 4.34. The van der Waals surface area contributed by atoms with Gasteiger partial charge in [0.15, 0.2) is 0 Å². The first kappa shape index (κ1) is 15.7. The Balaban J connectivity index is 0.00000225. The minimum atomic E-state index is -0.00315. The van der Waals surface area contributed by atoms with Crippen molar-refractivity contribution in [3.63, 3.8) is 0 Å². The van der Waals surface area contributed by atoms with E-state index in [9.17, 15) is 0 Å². The smallest absolute Gasteiger partial charge is 0.124 e. The van der Waals surface area contributed by atoms with E-state index >= 15 is 0 Å². The molecular formula is C11H18BrClN2O. The molecule has 1 aromatic rings. The van der Waals surface area contributed by atoms with Crippen LogP contribution >= 0.6 is 28.3 Å². The zero-order chi connectivity index (χ0) is 11.3. The Kier molecular flexibility index (Phi) is 7.76. The third-order valence-corrected chi connectivity index (χ3v) is 2.81. The topological polar surface area (TPSA) is 61.3 Å². The van der Waals surface area contributed by atoms with Crippen LogP contribution in [0.4, 0.5) is 0 Å². The lowest BCUT2D eigenvalue weighted by Crippen LogP contribution is -2.13. The van der Waals surface area contributed by atoms with Gasteiger partial charge in [0.2, 0.25) is 0 Å². The molecule has 92 valence electrons. The predicted molar refractivity (Wildman–Crippen MR) is 73.2 cm³/mol. The number of halogens is 2. The van der Waals surface area contributed by atoms with E-state index in [2.05, 4.69) is 15.9 Å². The molecule has 0 aliphatic carbocycles. The number of benzene rings is 1. The molecule has 5 heteroatoms. The Morgan fingerprint density at radius 2 is 2.12 bits per heavy atom. The molecule has 0 radical (unpaired) electrons. The van der Waals surface area contributed by atoms with Crippen molar-refractivity contribution >= 4 is 28.3 Å². The molecule has 0 saturated carbocycles. The van der Waals surface area contributed by atoms with Crippen molar-refractivity contribution in [1.82, 2.24) is 0 Å². The van der Waals surface area contributed by atoms with E-state index < -0.39 is 0 Å². The SMILES string of the molecule is COc1cc(Br)ccc1[C@@H](N)CCCN.Cl. The largest absolute Gasteiger partial charge is 0.496 e. The van der Waals surface area contributed by atoms with Crippen molar-refractivity contribution in [3.05, 3.63) is 28.2 Å². The molecule has 0 bridgehead atoms. The zero-order valence-electron chi connectivity index (χ0n) is 9.28. The standard InChI is InChI=1S/C11H17BrN2O.ClH/c1-15-11-7-8(12)4-5-9(11)10(14)3-2-6-13;/h4-5,7,10H,2-3,6,13-14H2,1H3;1H/t10-;/m0./s1. The van der Waals surface area contributed by atoms with Gasteiger partial charge in [-0.05, 0) is 31.5 Å². The number of rotatable bonds is 5. The second kappa shape index (κ2) is 7.90. The lowest BCUT2D eigenvalue weighted by atomic mass is 10.0. The maximum absolute atomic E-state index is 6.06. The Morgan fingerprint density at radius 1 is 1.44 bits per heavy atom. The van der Waals surface area contributed by atoms with Crippen LogP contribution in [-0.4, -0.2) is 13.7 Å². The van der Waals surface area contributed by atoms with Gasteiger partial charge in [0.05, 0.1) is 7.11 Å². The number of hydrogen-bond donors (Lipinski definition) is 2. The molecule has 0 amide bonds. The van der Waals surface area contributed by atoms with Crippen LogP contribution in [-0.2, 0) is 0 Å². The van der Waals surface area contributed by atoms with E-state index in [0.29, 0.717) is 6.54 Å². The van der Waals surface area contributed by atoms with E-state index in [4.69, 9.17) is 16.2 Å². The average Bonchev–Trinajstić information content (AvgIpc) is 2.25. The third-order valence-electron chi connectivity index (χ3n) is 2.31. The fraction of sp³-hybridized carbons (Fsp3) is 0.455.